The van der Waals surface area contributed by atoms with Crippen molar-refractivity contribution < 1.29 is 14.3 Å². The Labute approximate surface area is 186 Å². The fourth-order valence-electron chi connectivity index (χ4n) is 3.13. The second-order valence-corrected chi connectivity index (χ2v) is 8.23. The minimum atomic E-state index is -0.238. The van der Waals surface area contributed by atoms with E-state index in [1.54, 1.807) is 24.9 Å². The van der Waals surface area contributed by atoms with E-state index in [0.29, 0.717) is 11.5 Å². The summed E-state index contributed by atoms with van der Waals surface area (Å²) in [5, 5.41) is 11.6. The van der Waals surface area contributed by atoms with Gasteiger partial charge in [0.1, 0.15) is 0 Å². The van der Waals surface area contributed by atoms with Crippen LogP contribution < -0.4 is 14.8 Å². The number of amides is 1. The molecule has 1 atom stereocenters. The lowest BCUT2D eigenvalue weighted by Crippen LogP contribution is -2.29. The Balaban J connectivity index is 1.74. The Morgan fingerprint density at radius 3 is 2.81 bits per heavy atom. The Kier molecular flexibility index (Phi) is 7.94. The van der Waals surface area contributed by atoms with Gasteiger partial charge in [0, 0.05) is 12.3 Å². The summed E-state index contributed by atoms with van der Waals surface area (Å²) in [4.78, 5) is 12.7. The number of hydrogen-bond donors (Lipinski definition) is 1. The molecule has 1 N–H and O–H groups in total. The Hall–Kier alpha value is -3.00. The number of carbonyl (C=O) groups is 1. The highest BCUT2D eigenvalue weighted by atomic mass is 32.2. The average Bonchev–Trinajstić information content (AvgIpc) is 3.19. The molecular weight excluding hydrogens is 412 g/mol. The van der Waals surface area contributed by atoms with E-state index in [4.69, 9.17) is 9.47 Å². The molecule has 164 valence electrons. The van der Waals surface area contributed by atoms with Crippen LogP contribution in [0.5, 0.6) is 11.5 Å². The molecule has 0 saturated carbocycles. The summed E-state index contributed by atoms with van der Waals surface area (Å²) in [6.07, 6.45) is 8.03. The standard InChI is InChI=1S/C23H28N4O3S/c1-16(2)30-19-10-8-17(15-20(19)29-3)9-11-22(28)24-18(12-14-31-4)23-26-25-21-7-5-6-13-27(21)23/h5-11,13,15-16,18H,12,14H2,1-4H3,(H,24,28)/b11-9+. The van der Waals surface area contributed by atoms with Crippen molar-refractivity contribution in [2.75, 3.05) is 19.1 Å². The topological polar surface area (TPSA) is 77.8 Å². The normalized spacial score (nSPS) is 12.4. The molecule has 0 radical (unpaired) electrons. The number of pyridine rings is 1. The van der Waals surface area contributed by atoms with Crippen molar-refractivity contribution in [3.8, 4) is 11.5 Å². The molecule has 0 aliphatic rings. The van der Waals surface area contributed by atoms with Gasteiger partial charge in [-0.3, -0.25) is 9.20 Å². The lowest BCUT2D eigenvalue weighted by molar-refractivity contribution is -0.117. The molecule has 2 aromatic heterocycles. The zero-order valence-electron chi connectivity index (χ0n) is 18.2. The number of rotatable bonds is 10. The van der Waals surface area contributed by atoms with Gasteiger partial charge < -0.3 is 14.8 Å². The van der Waals surface area contributed by atoms with E-state index in [2.05, 4.69) is 15.5 Å². The van der Waals surface area contributed by atoms with Crippen LogP contribution in [0.2, 0.25) is 0 Å². The van der Waals surface area contributed by atoms with E-state index >= 15 is 0 Å². The van der Waals surface area contributed by atoms with Gasteiger partial charge in [0.25, 0.3) is 0 Å². The van der Waals surface area contributed by atoms with Crippen LogP contribution >= 0.6 is 11.8 Å². The van der Waals surface area contributed by atoms with Gasteiger partial charge in [-0.25, -0.2) is 0 Å². The Morgan fingerprint density at radius 1 is 1.23 bits per heavy atom. The van der Waals surface area contributed by atoms with Crippen LogP contribution in [0, 0.1) is 0 Å². The third kappa shape index (κ3) is 6.01. The van der Waals surface area contributed by atoms with Crippen molar-refractivity contribution in [2.45, 2.75) is 32.4 Å². The number of fused-ring (bicyclic) bond motifs is 1. The molecular formula is C23H28N4O3S. The number of nitrogens with zero attached hydrogens (tertiary/aromatic N) is 3. The van der Waals surface area contributed by atoms with Crippen LogP contribution in [0.4, 0.5) is 0 Å². The highest BCUT2D eigenvalue weighted by molar-refractivity contribution is 7.98. The van der Waals surface area contributed by atoms with Gasteiger partial charge in [-0.15, -0.1) is 10.2 Å². The number of benzene rings is 1. The largest absolute Gasteiger partial charge is 0.493 e. The molecule has 0 saturated heterocycles. The smallest absolute Gasteiger partial charge is 0.244 e. The van der Waals surface area contributed by atoms with Crippen LogP contribution in [0.3, 0.4) is 0 Å². The second-order valence-electron chi connectivity index (χ2n) is 7.24. The van der Waals surface area contributed by atoms with Gasteiger partial charge >= 0.3 is 0 Å². The lowest BCUT2D eigenvalue weighted by Gasteiger charge is -2.16. The van der Waals surface area contributed by atoms with Crippen LogP contribution in [0.25, 0.3) is 11.7 Å². The number of thioether (sulfide) groups is 1. The van der Waals surface area contributed by atoms with Crippen LogP contribution in [0.15, 0.2) is 48.7 Å². The van der Waals surface area contributed by atoms with E-state index in [1.807, 2.05) is 67.1 Å². The fraction of sp³-hybridized carbons (Fsp3) is 0.348. The summed E-state index contributed by atoms with van der Waals surface area (Å²) in [6.45, 7) is 3.92. The van der Waals surface area contributed by atoms with Gasteiger partial charge in [-0.2, -0.15) is 11.8 Å². The summed E-state index contributed by atoms with van der Waals surface area (Å²) >= 11 is 1.73. The zero-order chi connectivity index (χ0) is 22.2. The third-order valence-corrected chi connectivity index (χ3v) is 5.20. The molecule has 2 heterocycles. The Morgan fingerprint density at radius 2 is 2.06 bits per heavy atom. The maximum Gasteiger partial charge on any atom is 0.244 e. The van der Waals surface area contributed by atoms with Gasteiger partial charge in [-0.1, -0.05) is 12.1 Å². The van der Waals surface area contributed by atoms with Crippen LogP contribution in [-0.2, 0) is 4.79 Å². The molecule has 1 aromatic carbocycles. The summed E-state index contributed by atoms with van der Waals surface area (Å²) in [6, 6.07) is 11.1. The maximum absolute atomic E-state index is 12.7. The van der Waals surface area contributed by atoms with Gasteiger partial charge in [0.15, 0.2) is 23.0 Å². The third-order valence-electron chi connectivity index (χ3n) is 4.56. The quantitative estimate of drug-likeness (QED) is 0.477. The first-order valence-electron chi connectivity index (χ1n) is 10.1. The first kappa shape index (κ1) is 22.7. The number of ether oxygens (including phenoxy) is 2. The number of nitrogens with one attached hydrogen (secondary N) is 1. The number of aromatic nitrogens is 3. The van der Waals surface area contributed by atoms with Gasteiger partial charge in [0.05, 0.1) is 19.3 Å². The van der Waals surface area contributed by atoms with E-state index in [0.717, 1.165) is 29.2 Å². The van der Waals surface area contributed by atoms with Crippen molar-refractivity contribution in [2.24, 2.45) is 0 Å². The second kappa shape index (κ2) is 10.9. The average molecular weight is 441 g/mol. The predicted molar refractivity (Wildman–Crippen MR) is 125 cm³/mol. The van der Waals surface area contributed by atoms with Crippen LogP contribution in [0.1, 0.15) is 37.7 Å². The van der Waals surface area contributed by atoms with Crippen molar-refractivity contribution in [1.29, 1.82) is 0 Å². The van der Waals surface area contributed by atoms with E-state index in [-0.39, 0.29) is 18.1 Å². The Bertz CT molecular complexity index is 1050. The first-order chi connectivity index (χ1) is 15.0. The molecule has 1 unspecified atom stereocenters. The van der Waals surface area contributed by atoms with Crippen molar-refractivity contribution >= 4 is 29.4 Å². The molecule has 3 aromatic rings. The SMILES string of the molecule is COc1cc(/C=C/C(=O)NC(CCSC)c2nnc3ccccn23)ccc1OC(C)C. The number of hydrogen-bond acceptors (Lipinski definition) is 6. The molecule has 0 aliphatic carbocycles. The fourth-order valence-corrected chi connectivity index (χ4v) is 3.60. The maximum atomic E-state index is 12.7. The predicted octanol–water partition coefficient (Wildman–Crippen LogP) is 4.15. The summed E-state index contributed by atoms with van der Waals surface area (Å²) in [5.41, 5.74) is 1.60. The number of methoxy groups -OCH3 is 1. The summed E-state index contributed by atoms with van der Waals surface area (Å²) in [5.74, 6) is 2.73. The van der Waals surface area contributed by atoms with E-state index in [9.17, 15) is 4.79 Å². The van der Waals surface area contributed by atoms with Crippen LogP contribution in [-0.4, -0.2) is 45.7 Å². The van der Waals surface area contributed by atoms with Crippen molar-refractivity contribution in [3.63, 3.8) is 0 Å². The number of carbonyl (C=O) groups excluding carboxylic acids is 1. The van der Waals surface area contributed by atoms with Crippen molar-refractivity contribution in [3.05, 3.63) is 60.1 Å². The lowest BCUT2D eigenvalue weighted by atomic mass is 10.1. The van der Waals surface area contributed by atoms with Gasteiger partial charge in [-0.05, 0) is 68.2 Å². The molecule has 3 rings (SSSR count). The molecule has 0 spiro atoms. The molecule has 8 heteroatoms. The summed E-state index contributed by atoms with van der Waals surface area (Å²) < 4.78 is 13.1. The molecule has 0 aliphatic heterocycles. The van der Waals surface area contributed by atoms with E-state index < -0.39 is 0 Å². The zero-order valence-corrected chi connectivity index (χ0v) is 19.1. The summed E-state index contributed by atoms with van der Waals surface area (Å²) in [7, 11) is 1.60. The highest BCUT2D eigenvalue weighted by Gasteiger charge is 2.19. The molecule has 0 fully saturated rings. The molecule has 31 heavy (non-hydrogen) atoms. The molecule has 1 amide bonds. The van der Waals surface area contributed by atoms with Crippen molar-refractivity contribution in [1.82, 2.24) is 19.9 Å². The molecule has 0 bridgehead atoms. The molecule has 7 nitrogen and oxygen atoms in total. The minimum absolute atomic E-state index is 0.0486. The minimum Gasteiger partial charge on any atom is -0.493 e. The highest BCUT2D eigenvalue weighted by Crippen LogP contribution is 2.29. The monoisotopic (exact) mass is 440 g/mol. The van der Waals surface area contributed by atoms with Gasteiger partial charge in [0.2, 0.25) is 5.91 Å². The first-order valence-corrected chi connectivity index (χ1v) is 11.5. The van der Waals surface area contributed by atoms with E-state index in [1.165, 1.54) is 6.08 Å².